The average Bonchev–Trinajstić information content (AvgIpc) is 3.00. The van der Waals surface area contributed by atoms with Gasteiger partial charge >= 0.3 is 0 Å². The number of hydrogen-bond donors (Lipinski definition) is 0. The summed E-state index contributed by atoms with van der Waals surface area (Å²) in [5.74, 6) is 0. The Balaban J connectivity index is 1.69. The quantitative estimate of drug-likeness (QED) is 0.868. The summed E-state index contributed by atoms with van der Waals surface area (Å²) in [4.78, 5) is 9.52. The molecule has 3 rings (SSSR count). The monoisotopic (exact) mass is 299 g/mol. The Hall–Kier alpha value is -1.72. The molecule has 3 heterocycles. The van der Waals surface area contributed by atoms with Gasteiger partial charge in [-0.25, -0.2) is 0 Å². The maximum atomic E-state index is 4.65. The van der Waals surface area contributed by atoms with Gasteiger partial charge in [0.2, 0.25) is 0 Å². The Kier molecular flexibility index (Phi) is 4.55. The van der Waals surface area contributed by atoms with Crippen LogP contribution >= 0.6 is 0 Å². The van der Waals surface area contributed by atoms with E-state index in [1.807, 2.05) is 23.1 Å². The van der Waals surface area contributed by atoms with Crippen LogP contribution < -0.4 is 0 Å². The maximum absolute atomic E-state index is 4.65. The van der Waals surface area contributed by atoms with E-state index < -0.39 is 0 Å². The lowest BCUT2D eigenvalue weighted by atomic mass is 10.2. The Labute approximate surface area is 132 Å². The van der Waals surface area contributed by atoms with Crippen molar-refractivity contribution in [1.82, 2.24) is 24.6 Å². The van der Waals surface area contributed by atoms with Gasteiger partial charge in [-0.1, -0.05) is 6.07 Å². The molecular weight excluding hydrogens is 274 g/mol. The van der Waals surface area contributed by atoms with E-state index in [4.69, 9.17) is 0 Å². The zero-order valence-electron chi connectivity index (χ0n) is 13.7. The molecule has 0 aliphatic carbocycles. The van der Waals surface area contributed by atoms with Crippen LogP contribution in [0.1, 0.15) is 25.5 Å². The van der Waals surface area contributed by atoms with Crippen LogP contribution in [0.15, 0.2) is 30.6 Å². The molecule has 1 fully saturated rings. The van der Waals surface area contributed by atoms with Crippen LogP contribution in [0.5, 0.6) is 0 Å². The van der Waals surface area contributed by atoms with Gasteiger partial charge < -0.3 is 4.90 Å². The van der Waals surface area contributed by atoms with Crippen molar-refractivity contribution in [1.29, 1.82) is 0 Å². The third-order valence-corrected chi connectivity index (χ3v) is 4.25. The van der Waals surface area contributed by atoms with Gasteiger partial charge in [0.05, 0.1) is 11.4 Å². The van der Waals surface area contributed by atoms with E-state index in [2.05, 4.69) is 52.9 Å². The molecule has 5 heteroatoms. The minimum Gasteiger partial charge on any atom is -0.304 e. The molecule has 1 aliphatic heterocycles. The number of aromatic nitrogens is 3. The maximum Gasteiger partial charge on any atom is 0.0883 e. The van der Waals surface area contributed by atoms with E-state index in [1.54, 1.807) is 0 Å². The van der Waals surface area contributed by atoms with Crippen molar-refractivity contribution >= 4 is 0 Å². The van der Waals surface area contributed by atoms with Crippen LogP contribution in [0.2, 0.25) is 0 Å². The predicted molar refractivity (Wildman–Crippen MR) is 88.6 cm³/mol. The largest absolute Gasteiger partial charge is 0.304 e. The highest BCUT2D eigenvalue weighted by molar-refractivity contribution is 5.54. The molecule has 0 amide bonds. The number of piperazine rings is 1. The van der Waals surface area contributed by atoms with Crippen LogP contribution in [0.25, 0.3) is 11.4 Å². The van der Waals surface area contributed by atoms with Crippen LogP contribution in [-0.4, -0.2) is 57.8 Å². The van der Waals surface area contributed by atoms with Crippen molar-refractivity contribution < 1.29 is 0 Å². The predicted octanol–water partition coefficient (Wildman–Crippen LogP) is 2.27. The summed E-state index contributed by atoms with van der Waals surface area (Å²) in [5, 5.41) is 4.38. The van der Waals surface area contributed by atoms with Crippen molar-refractivity contribution in [3.05, 3.63) is 36.2 Å². The fraction of sp³-hybridized carbons (Fsp3) is 0.529. The lowest BCUT2D eigenvalue weighted by Gasteiger charge is -2.32. The van der Waals surface area contributed by atoms with Gasteiger partial charge in [-0.2, -0.15) is 5.10 Å². The molecule has 0 aromatic carbocycles. The second kappa shape index (κ2) is 6.58. The SMILES string of the molecule is CC(C)n1nccc1-c1ccc(CN2CCN(C)CC2)cn1. The highest BCUT2D eigenvalue weighted by Crippen LogP contribution is 2.20. The minimum absolute atomic E-state index is 0.344. The molecule has 1 aliphatic rings. The first kappa shape index (κ1) is 15.2. The molecule has 118 valence electrons. The van der Waals surface area contributed by atoms with Gasteiger partial charge in [-0.05, 0) is 38.6 Å². The molecule has 0 atom stereocenters. The summed E-state index contributed by atoms with van der Waals surface area (Å²) < 4.78 is 2.02. The van der Waals surface area contributed by atoms with Crippen molar-refractivity contribution in [2.45, 2.75) is 26.4 Å². The third-order valence-electron chi connectivity index (χ3n) is 4.25. The summed E-state index contributed by atoms with van der Waals surface area (Å²) in [5.41, 5.74) is 3.36. The zero-order chi connectivity index (χ0) is 15.5. The molecule has 0 spiro atoms. The zero-order valence-corrected chi connectivity index (χ0v) is 13.7. The topological polar surface area (TPSA) is 37.2 Å². The molecule has 0 radical (unpaired) electrons. The smallest absolute Gasteiger partial charge is 0.0883 e. The summed E-state index contributed by atoms with van der Waals surface area (Å²) in [6.07, 6.45) is 3.85. The highest BCUT2D eigenvalue weighted by Gasteiger charge is 2.14. The Morgan fingerprint density at radius 2 is 1.86 bits per heavy atom. The first-order chi connectivity index (χ1) is 10.6. The number of nitrogens with zero attached hydrogens (tertiary/aromatic N) is 5. The van der Waals surface area contributed by atoms with E-state index in [0.29, 0.717) is 6.04 Å². The second-order valence-electron chi connectivity index (χ2n) is 6.39. The van der Waals surface area contributed by atoms with Crippen molar-refractivity contribution in [2.75, 3.05) is 33.2 Å². The molecule has 1 saturated heterocycles. The van der Waals surface area contributed by atoms with Gasteiger partial charge in [0, 0.05) is 51.2 Å². The molecule has 0 saturated carbocycles. The number of pyridine rings is 1. The van der Waals surface area contributed by atoms with Gasteiger partial charge in [-0.15, -0.1) is 0 Å². The van der Waals surface area contributed by atoms with Crippen LogP contribution in [-0.2, 0) is 6.54 Å². The molecule has 22 heavy (non-hydrogen) atoms. The minimum atomic E-state index is 0.344. The van der Waals surface area contributed by atoms with E-state index in [9.17, 15) is 0 Å². The van der Waals surface area contributed by atoms with Crippen molar-refractivity contribution in [3.8, 4) is 11.4 Å². The molecule has 2 aromatic heterocycles. The first-order valence-corrected chi connectivity index (χ1v) is 8.03. The molecule has 0 bridgehead atoms. The van der Waals surface area contributed by atoms with Crippen molar-refractivity contribution in [3.63, 3.8) is 0 Å². The Morgan fingerprint density at radius 1 is 1.09 bits per heavy atom. The normalized spacial score (nSPS) is 17.3. The van der Waals surface area contributed by atoms with E-state index in [0.717, 1.165) is 44.1 Å². The van der Waals surface area contributed by atoms with Gasteiger partial charge in [0.1, 0.15) is 0 Å². The van der Waals surface area contributed by atoms with Crippen LogP contribution in [0, 0.1) is 0 Å². The third kappa shape index (κ3) is 3.36. The van der Waals surface area contributed by atoms with Crippen molar-refractivity contribution in [2.24, 2.45) is 0 Å². The fourth-order valence-corrected chi connectivity index (χ4v) is 2.86. The Bertz CT molecular complexity index is 594. The first-order valence-electron chi connectivity index (χ1n) is 8.03. The summed E-state index contributed by atoms with van der Waals surface area (Å²) >= 11 is 0. The number of rotatable bonds is 4. The summed E-state index contributed by atoms with van der Waals surface area (Å²) in [6, 6.07) is 6.68. The number of hydrogen-bond acceptors (Lipinski definition) is 4. The Morgan fingerprint density at radius 3 is 2.50 bits per heavy atom. The number of likely N-dealkylation sites (N-methyl/N-ethyl adjacent to an activating group) is 1. The van der Waals surface area contributed by atoms with Gasteiger partial charge in [-0.3, -0.25) is 14.6 Å². The van der Waals surface area contributed by atoms with Gasteiger partial charge in [0.15, 0.2) is 0 Å². The highest BCUT2D eigenvalue weighted by atomic mass is 15.3. The molecule has 0 unspecified atom stereocenters. The van der Waals surface area contributed by atoms with E-state index in [-0.39, 0.29) is 0 Å². The van der Waals surface area contributed by atoms with E-state index in [1.165, 1.54) is 5.56 Å². The molecule has 5 nitrogen and oxygen atoms in total. The lowest BCUT2D eigenvalue weighted by molar-refractivity contribution is 0.148. The van der Waals surface area contributed by atoms with E-state index >= 15 is 0 Å². The van der Waals surface area contributed by atoms with Gasteiger partial charge in [0.25, 0.3) is 0 Å². The van der Waals surface area contributed by atoms with Crippen LogP contribution in [0.4, 0.5) is 0 Å². The molecule has 0 N–H and O–H groups in total. The standard InChI is InChI=1S/C17H25N5/c1-14(2)22-17(6-7-19-22)16-5-4-15(12-18-16)13-21-10-8-20(3)9-11-21/h4-7,12,14H,8-11,13H2,1-3H3. The molecule has 2 aromatic rings. The summed E-state index contributed by atoms with van der Waals surface area (Å²) in [7, 11) is 2.19. The second-order valence-corrected chi connectivity index (χ2v) is 6.39. The van der Waals surface area contributed by atoms with Crippen LogP contribution in [0.3, 0.4) is 0 Å². The lowest BCUT2D eigenvalue weighted by Crippen LogP contribution is -2.43. The summed E-state index contributed by atoms with van der Waals surface area (Å²) in [6.45, 7) is 9.84. The fourth-order valence-electron chi connectivity index (χ4n) is 2.86. The molecular formula is C17H25N5. The average molecular weight is 299 g/mol.